The molecule has 1 saturated carbocycles. The van der Waals surface area contributed by atoms with Crippen molar-refractivity contribution in [3.8, 4) is 10.4 Å². The summed E-state index contributed by atoms with van der Waals surface area (Å²) < 4.78 is 10.5. The third kappa shape index (κ3) is 8.71. The summed E-state index contributed by atoms with van der Waals surface area (Å²) in [5.74, 6) is 0.907. The molecule has 2 aromatic heterocycles. The molecule has 1 amide bonds. The first-order chi connectivity index (χ1) is 19.2. The fraction of sp³-hybridized carbons (Fsp3) is 0.536. The van der Waals surface area contributed by atoms with Gasteiger partial charge in [-0.05, 0) is 84.4 Å². The number of aliphatic hydroxyl groups is 2. The number of hydrogen-bond acceptors (Lipinski definition) is 10. The molecule has 0 bridgehead atoms. The number of carbonyl (C=O) groups excluding carboxylic acids is 1. The zero-order valence-corrected chi connectivity index (χ0v) is 26.4. The second-order valence-electron chi connectivity index (χ2n) is 12.1. The zero-order valence-electron chi connectivity index (χ0n) is 24.8. The third-order valence-corrected chi connectivity index (χ3v) is 9.04. The van der Waals surface area contributed by atoms with Crippen molar-refractivity contribution in [1.82, 2.24) is 24.8 Å². The summed E-state index contributed by atoms with van der Waals surface area (Å²) in [4.78, 5) is 18.5. The van der Waals surface area contributed by atoms with Gasteiger partial charge in [0.25, 0.3) is 0 Å². The first-order valence-corrected chi connectivity index (χ1v) is 15.6. The van der Waals surface area contributed by atoms with Crippen molar-refractivity contribution in [3.63, 3.8) is 0 Å². The van der Waals surface area contributed by atoms with E-state index in [2.05, 4.69) is 41.2 Å². The van der Waals surface area contributed by atoms with Crippen molar-refractivity contribution in [1.29, 1.82) is 0 Å². The molecule has 0 spiro atoms. The van der Waals surface area contributed by atoms with Crippen molar-refractivity contribution in [2.75, 3.05) is 5.32 Å². The molecular formula is C28H41BN6O4S2. The summed E-state index contributed by atoms with van der Waals surface area (Å²) >= 11 is 3.01. The smallest absolute Gasteiger partial charge is 0.407 e. The van der Waals surface area contributed by atoms with Gasteiger partial charge in [-0.1, -0.05) is 6.07 Å². The lowest BCUT2D eigenvalue weighted by Gasteiger charge is -2.28. The Bertz CT molecular complexity index is 1340. The van der Waals surface area contributed by atoms with Crippen molar-refractivity contribution in [2.24, 2.45) is 7.05 Å². The summed E-state index contributed by atoms with van der Waals surface area (Å²) in [6, 6.07) is 7.96. The van der Waals surface area contributed by atoms with E-state index in [0.717, 1.165) is 57.5 Å². The van der Waals surface area contributed by atoms with E-state index in [1.807, 2.05) is 51.4 Å². The molecule has 0 aliphatic heterocycles. The number of hydrogen-bond donors (Lipinski definition) is 5. The summed E-state index contributed by atoms with van der Waals surface area (Å²) in [5, 5.41) is 33.1. The Morgan fingerprint density at radius 3 is 2.49 bits per heavy atom. The normalized spacial score (nSPS) is 18.0. The molecule has 1 fully saturated rings. The molecule has 0 atom stereocenters. The second kappa shape index (κ2) is 12.7. The van der Waals surface area contributed by atoms with Crippen LogP contribution in [0.1, 0.15) is 76.9 Å². The Morgan fingerprint density at radius 1 is 1.20 bits per heavy atom. The first kappa shape index (κ1) is 31.4. The van der Waals surface area contributed by atoms with E-state index >= 15 is 0 Å². The Balaban J connectivity index is 1.61. The number of ether oxygens (including phenoxy) is 1. The summed E-state index contributed by atoms with van der Waals surface area (Å²) in [7, 11) is 3.23. The van der Waals surface area contributed by atoms with E-state index in [1.54, 1.807) is 4.68 Å². The molecule has 13 heteroatoms. The highest BCUT2D eigenvalue weighted by molar-refractivity contribution is 7.97. The topological polar surface area (TPSA) is 134 Å². The zero-order chi connectivity index (χ0) is 29.9. The van der Waals surface area contributed by atoms with Gasteiger partial charge in [-0.15, -0.1) is 11.3 Å². The highest BCUT2D eigenvalue weighted by atomic mass is 32.2. The molecule has 1 aliphatic carbocycles. The largest absolute Gasteiger partial charge is 0.447 e. The van der Waals surface area contributed by atoms with Crippen LogP contribution >= 0.6 is 23.3 Å². The average Bonchev–Trinajstić information content (AvgIpc) is 3.49. The number of thiazole rings is 1. The minimum atomic E-state index is -2.10. The SMILES string of the molecule is BC(O)(O)c1nc(C2CCC(NC(=O)OC(C)C)CC2)sc1-c1ccc(Nc2ccn(C)n2)cc1SNC(C)(C)C. The maximum atomic E-state index is 12.0. The Hall–Kier alpha value is -2.58. The van der Waals surface area contributed by atoms with Crippen LogP contribution in [0.4, 0.5) is 16.3 Å². The highest BCUT2D eigenvalue weighted by Gasteiger charge is 2.33. The Labute approximate surface area is 251 Å². The van der Waals surface area contributed by atoms with E-state index in [-0.39, 0.29) is 35.4 Å². The maximum Gasteiger partial charge on any atom is 0.407 e. The molecule has 1 aromatic carbocycles. The van der Waals surface area contributed by atoms with Gasteiger partial charge in [-0.25, -0.2) is 9.78 Å². The molecule has 0 saturated heterocycles. The number of amides is 1. The number of carbonyl (C=O) groups is 1. The van der Waals surface area contributed by atoms with Crippen LogP contribution in [0.3, 0.4) is 0 Å². The minimum Gasteiger partial charge on any atom is -0.447 e. The molecule has 10 nitrogen and oxygen atoms in total. The van der Waals surface area contributed by atoms with E-state index in [9.17, 15) is 15.0 Å². The third-order valence-electron chi connectivity index (χ3n) is 6.51. The maximum absolute atomic E-state index is 12.0. The predicted octanol–water partition coefficient (Wildman–Crippen LogP) is 4.57. The molecule has 0 radical (unpaired) electrons. The van der Waals surface area contributed by atoms with Gasteiger partial charge in [0, 0.05) is 53.0 Å². The van der Waals surface area contributed by atoms with E-state index in [4.69, 9.17) is 9.72 Å². The molecule has 222 valence electrons. The number of benzene rings is 1. The molecule has 5 N–H and O–H groups in total. The van der Waals surface area contributed by atoms with Gasteiger partial charge >= 0.3 is 6.09 Å². The molecular weight excluding hydrogens is 559 g/mol. The lowest BCUT2D eigenvalue weighted by atomic mass is 9.86. The van der Waals surface area contributed by atoms with E-state index < -0.39 is 5.69 Å². The lowest BCUT2D eigenvalue weighted by Crippen LogP contribution is -2.38. The number of anilines is 2. The lowest BCUT2D eigenvalue weighted by molar-refractivity contribution is -0.0936. The molecule has 41 heavy (non-hydrogen) atoms. The van der Waals surface area contributed by atoms with Crippen LogP contribution in [0.15, 0.2) is 35.4 Å². The monoisotopic (exact) mass is 600 g/mol. The molecule has 2 heterocycles. The van der Waals surface area contributed by atoms with Crippen molar-refractivity contribution < 1.29 is 19.7 Å². The first-order valence-electron chi connectivity index (χ1n) is 14.0. The standard InChI is InChI=1S/C28H41BN6O4S2/c1-16(2)39-26(36)31-18-9-7-17(8-10-18)25-32-24(28(29,37)38)23(40-25)20-12-11-19(30-22-13-14-35(6)33-22)15-21(20)41-34-27(3,4)5/h11-18,34,37-38H,7-10,29H2,1-6H3,(H,30,33)(H,31,36). The van der Waals surface area contributed by atoms with Crippen LogP contribution < -0.4 is 15.4 Å². The second-order valence-corrected chi connectivity index (χ2v) is 13.9. The quantitative estimate of drug-likeness (QED) is 0.136. The number of aryl methyl sites for hydroxylation is 1. The fourth-order valence-corrected chi connectivity index (χ4v) is 6.94. The molecule has 3 aromatic rings. The Morgan fingerprint density at radius 2 is 1.90 bits per heavy atom. The van der Waals surface area contributed by atoms with Gasteiger partial charge in [0.15, 0.2) is 19.4 Å². The van der Waals surface area contributed by atoms with Gasteiger partial charge in [0.1, 0.15) is 5.69 Å². The Kier molecular flexibility index (Phi) is 9.75. The van der Waals surface area contributed by atoms with Crippen molar-refractivity contribution in [3.05, 3.63) is 41.2 Å². The molecule has 0 unspecified atom stereocenters. The predicted molar refractivity (Wildman–Crippen MR) is 167 cm³/mol. The number of alkyl carbamates (subject to hydrolysis) is 1. The number of nitrogens with one attached hydrogen (secondary N) is 3. The van der Waals surface area contributed by atoms with Gasteiger partial charge in [0.05, 0.1) is 16.0 Å². The van der Waals surface area contributed by atoms with Gasteiger partial charge in [-0.3, -0.25) is 9.40 Å². The van der Waals surface area contributed by atoms with Gasteiger partial charge in [-0.2, -0.15) is 5.10 Å². The van der Waals surface area contributed by atoms with Crippen LogP contribution in [0.2, 0.25) is 0 Å². The van der Waals surface area contributed by atoms with Crippen LogP contribution in [0.25, 0.3) is 10.4 Å². The average molecular weight is 601 g/mol. The van der Waals surface area contributed by atoms with Crippen LogP contribution in [0, 0.1) is 0 Å². The number of aromatic nitrogens is 3. The fourth-order valence-electron chi connectivity index (χ4n) is 4.62. The highest BCUT2D eigenvalue weighted by Crippen LogP contribution is 2.44. The molecule has 4 rings (SSSR count). The summed E-state index contributed by atoms with van der Waals surface area (Å²) in [6.07, 6.45) is 4.63. The van der Waals surface area contributed by atoms with Crippen LogP contribution in [-0.4, -0.2) is 56.6 Å². The van der Waals surface area contributed by atoms with Crippen molar-refractivity contribution >= 4 is 48.7 Å². The summed E-state index contributed by atoms with van der Waals surface area (Å²) in [6.45, 7) is 9.95. The van der Waals surface area contributed by atoms with Gasteiger partial charge in [0.2, 0.25) is 0 Å². The minimum absolute atomic E-state index is 0.0583. The number of nitrogens with zero attached hydrogens (tertiary/aromatic N) is 3. The molecule has 1 aliphatic rings. The van der Waals surface area contributed by atoms with Crippen LogP contribution in [-0.2, 0) is 17.5 Å². The van der Waals surface area contributed by atoms with Crippen molar-refractivity contribution in [2.45, 2.75) is 94.5 Å². The van der Waals surface area contributed by atoms with Gasteiger partial charge < -0.3 is 25.6 Å². The summed E-state index contributed by atoms with van der Waals surface area (Å²) in [5.41, 5.74) is -0.257. The van der Waals surface area contributed by atoms with Crippen LogP contribution in [0.5, 0.6) is 0 Å². The van der Waals surface area contributed by atoms with E-state index in [1.165, 1.54) is 31.1 Å². The van der Waals surface area contributed by atoms with E-state index in [0.29, 0.717) is 0 Å². The number of rotatable bonds is 9.